The summed E-state index contributed by atoms with van der Waals surface area (Å²) in [5, 5.41) is 23.5. The Labute approximate surface area is 183 Å². The van der Waals surface area contributed by atoms with E-state index in [1.807, 2.05) is 37.3 Å². The van der Waals surface area contributed by atoms with Crippen LogP contribution in [0.3, 0.4) is 0 Å². The van der Waals surface area contributed by atoms with Gasteiger partial charge in [0.15, 0.2) is 0 Å². The lowest BCUT2D eigenvalue weighted by Crippen LogP contribution is -2.66. The van der Waals surface area contributed by atoms with Gasteiger partial charge in [-0.2, -0.15) is 0 Å². The number of hydrogen-bond donors (Lipinski definition) is 3. The third-order valence-electron chi connectivity index (χ3n) is 5.51. The lowest BCUT2D eigenvalue weighted by atomic mass is 9.89. The smallest absolute Gasteiger partial charge is 0.306 e. The molecule has 0 spiro atoms. The van der Waals surface area contributed by atoms with Crippen LogP contribution in [-0.4, -0.2) is 63.7 Å². The summed E-state index contributed by atoms with van der Waals surface area (Å²) in [6.07, 6.45) is 0.547. The van der Waals surface area contributed by atoms with Gasteiger partial charge in [-0.1, -0.05) is 43.7 Å². The molecule has 0 aromatic heterocycles. The number of hydrogen-bond acceptors (Lipinski definition) is 6. The highest BCUT2D eigenvalue weighted by Crippen LogP contribution is 2.24. The van der Waals surface area contributed by atoms with Crippen molar-refractivity contribution in [1.82, 2.24) is 10.2 Å². The van der Waals surface area contributed by atoms with Crippen molar-refractivity contribution >= 4 is 17.8 Å². The quantitative estimate of drug-likeness (QED) is 0.380. The summed E-state index contributed by atoms with van der Waals surface area (Å²) in [7, 11) is 0. The molecule has 0 unspecified atom stereocenters. The lowest BCUT2D eigenvalue weighted by Gasteiger charge is -2.45. The number of amides is 2. The summed E-state index contributed by atoms with van der Waals surface area (Å²) < 4.78 is 5.24. The Hall–Kier alpha value is -2.45. The van der Waals surface area contributed by atoms with Gasteiger partial charge in [0, 0.05) is 26.3 Å². The number of carbonyl (C=O) groups is 3. The number of likely N-dealkylation sites (tertiary alicyclic amines) is 1. The Balaban J connectivity index is 1.81. The summed E-state index contributed by atoms with van der Waals surface area (Å²) >= 11 is 0. The van der Waals surface area contributed by atoms with Crippen LogP contribution >= 0.6 is 0 Å². The SMILES string of the molecule is CCC[C@H]1[C@H](O)[C@H](O)[C@@H](NC(C)=O)CN1C(=O)CCCCC(=O)OCc1ccccc1. The zero-order chi connectivity index (χ0) is 22.8. The lowest BCUT2D eigenvalue weighted by molar-refractivity contribution is -0.151. The van der Waals surface area contributed by atoms with Crippen LogP contribution in [0, 0.1) is 0 Å². The predicted molar refractivity (Wildman–Crippen MR) is 115 cm³/mol. The number of benzene rings is 1. The summed E-state index contributed by atoms with van der Waals surface area (Å²) in [4.78, 5) is 37.7. The first kappa shape index (κ1) is 24.8. The largest absolute Gasteiger partial charge is 0.461 e. The van der Waals surface area contributed by atoms with Gasteiger partial charge in [-0.05, 0) is 24.8 Å². The maximum atomic E-state index is 12.8. The number of unbranched alkanes of at least 4 members (excludes halogenated alkanes) is 1. The van der Waals surface area contributed by atoms with E-state index in [9.17, 15) is 24.6 Å². The van der Waals surface area contributed by atoms with Gasteiger partial charge in [0.25, 0.3) is 0 Å². The topological polar surface area (TPSA) is 116 Å². The van der Waals surface area contributed by atoms with Crippen LogP contribution in [0.15, 0.2) is 30.3 Å². The van der Waals surface area contributed by atoms with E-state index in [1.165, 1.54) is 6.92 Å². The zero-order valence-electron chi connectivity index (χ0n) is 18.3. The van der Waals surface area contributed by atoms with E-state index < -0.39 is 24.3 Å². The first-order valence-corrected chi connectivity index (χ1v) is 11.0. The summed E-state index contributed by atoms with van der Waals surface area (Å²) in [6.45, 7) is 3.67. The molecule has 3 N–H and O–H groups in total. The van der Waals surface area contributed by atoms with Crippen LogP contribution in [0.25, 0.3) is 0 Å². The maximum absolute atomic E-state index is 12.8. The van der Waals surface area contributed by atoms with Gasteiger partial charge >= 0.3 is 5.97 Å². The van der Waals surface area contributed by atoms with Crippen molar-refractivity contribution in [1.29, 1.82) is 0 Å². The van der Waals surface area contributed by atoms with Crippen molar-refractivity contribution in [3.05, 3.63) is 35.9 Å². The van der Waals surface area contributed by atoms with Gasteiger partial charge in [-0.25, -0.2) is 0 Å². The molecule has 0 aliphatic carbocycles. The number of rotatable bonds is 10. The molecule has 8 nitrogen and oxygen atoms in total. The second-order valence-electron chi connectivity index (χ2n) is 8.04. The molecule has 1 heterocycles. The molecule has 31 heavy (non-hydrogen) atoms. The van der Waals surface area contributed by atoms with Gasteiger partial charge in [-0.15, -0.1) is 0 Å². The van der Waals surface area contributed by atoms with Crippen LogP contribution in [0.2, 0.25) is 0 Å². The van der Waals surface area contributed by atoms with Crippen molar-refractivity contribution in [3.8, 4) is 0 Å². The minimum absolute atomic E-state index is 0.153. The van der Waals surface area contributed by atoms with Crippen molar-refractivity contribution in [2.24, 2.45) is 0 Å². The zero-order valence-corrected chi connectivity index (χ0v) is 18.3. The molecular formula is C23H34N2O6. The Kier molecular flexibility index (Phi) is 9.94. The molecule has 172 valence electrons. The highest BCUT2D eigenvalue weighted by Gasteiger charge is 2.43. The van der Waals surface area contributed by atoms with Crippen molar-refractivity contribution < 1.29 is 29.3 Å². The second kappa shape index (κ2) is 12.4. The van der Waals surface area contributed by atoms with Crippen LogP contribution in [0.5, 0.6) is 0 Å². The first-order chi connectivity index (χ1) is 14.8. The van der Waals surface area contributed by atoms with Crippen molar-refractivity contribution in [2.75, 3.05) is 6.54 Å². The van der Waals surface area contributed by atoms with Crippen molar-refractivity contribution in [3.63, 3.8) is 0 Å². The number of esters is 1. The average Bonchev–Trinajstić information content (AvgIpc) is 2.75. The molecule has 1 fully saturated rings. The van der Waals surface area contributed by atoms with Gasteiger partial charge in [0.05, 0.1) is 12.1 Å². The minimum Gasteiger partial charge on any atom is -0.461 e. The van der Waals surface area contributed by atoms with Crippen molar-refractivity contribution in [2.45, 2.75) is 83.3 Å². The Bertz CT molecular complexity index is 726. The van der Waals surface area contributed by atoms with Gasteiger partial charge < -0.3 is 25.2 Å². The Morgan fingerprint density at radius 3 is 2.42 bits per heavy atom. The number of aliphatic hydroxyl groups is 2. The number of piperidine rings is 1. The molecule has 1 saturated heterocycles. The molecule has 0 bridgehead atoms. The first-order valence-electron chi connectivity index (χ1n) is 11.0. The minimum atomic E-state index is -1.12. The number of aliphatic hydroxyl groups excluding tert-OH is 2. The monoisotopic (exact) mass is 434 g/mol. The molecular weight excluding hydrogens is 400 g/mol. The third-order valence-corrected chi connectivity index (χ3v) is 5.51. The molecule has 2 amide bonds. The summed E-state index contributed by atoms with van der Waals surface area (Å²) in [5.41, 5.74) is 0.924. The standard InChI is InChI=1S/C23H34N2O6/c1-3-9-19-23(30)22(29)18(24-16(2)26)14-25(19)20(27)12-7-8-13-21(28)31-15-17-10-5-4-6-11-17/h4-6,10-11,18-19,22-23,29-30H,3,7-9,12-15H2,1-2H3,(H,24,26)/t18-,19-,22+,23-/m0/s1. The summed E-state index contributed by atoms with van der Waals surface area (Å²) in [5.74, 6) is -0.786. The average molecular weight is 435 g/mol. The number of carbonyl (C=O) groups excluding carboxylic acids is 3. The highest BCUT2D eigenvalue weighted by atomic mass is 16.5. The van der Waals surface area contributed by atoms with E-state index >= 15 is 0 Å². The van der Waals surface area contributed by atoms with Crippen LogP contribution in [-0.2, 0) is 25.7 Å². The fraction of sp³-hybridized carbons (Fsp3) is 0.609. The fourth-order valence-electron chi connectivity index (χ4n) is 3.91. The van der Waals surface area contributed by atoms with Gasteiger partial charge in [-0.3, -0.25) is 14.4 Å². The predicted octanol–water partition coefficient (Wildman–Crippen LogP) is 1.53. The molecule has 0 radical (unpaired) electrons. The molecule has 0 saturated carbocycles. The van der Waals surface area contributed by atoms with Crippen LogP contribution in [0.1, 0.15) is 57.9 Å². The molecule has 1 aromatic rings. The Morgan fingerprint density at radius 2 is 1.77 bits per heavy atom. The van der Waals surface area contributed by atoms with E-state index in [-0.39, 0.29) is 43.8 Å². The second-order valence-corrected chi connectivity index (χ2v) is 8.04. The number of ether oxygens (including phenoxy) is 1. The van der Waals surface area contributed by atoms with E-state index in [1.54, 1.807) is 4.90 Å². The normalized spacial score (nSPS) is 23.3. The summed E-state index contributed by atoms with van der Waals surface area (Å²) in [6, 6.07) is 8.23. The van der Waals surface area contributed by atoms with E-state index in [0.29, 0.717) is 19.3 Å². The molecule has 8 heteroatoms. The molecule has 1 aromatic carbocycles. The number of nitrogens with one attached hydrogen (secondary N) is 1. The molecule has 1 aliphatic rings. The van der Waals surface area contributed by atoms with Crippen LogP contribution in [0.4, 0.5) is 0 Å². The van der Waals surface area contributed by atoms with Crippen LogP contribution < -0.4 is 5.32 Å². The van der Waals surface area contributed by atoms with E-state index in [4.69, 9.17) is 4.74 Å². The maximum Gasteiger partial charge on any atom is 0.306 e. The third kappa shape index (κ3) is 7.63. The van der Waals surface area contributed by atoms with Gasteiger partial charge in [0.2, 0.25) is 11.8 Å². The molecule has 2 rings (SSSR count). The Morgan fingerprint density at radius 1 is 1.10 bits per heavy atom. The molecule has 4 atom stereocenters. The van der Waals surface area contributed by atoms with Gasteiger partial charge in [0.1, 0.15) is 18.8 Å². The van der Waals surface area contributed by atoms with E-state index in [2.05, 4.69) is 5.32 Å². The fourth-order valence-corrected chi connectivity index (χ4v) is 3.91. The highest BCUT2D eigenvalue weighted by molar-refractivity contribution is 5.77. The number of nitrogens with zero attached hydrogens (tertiary/aromatic N) is 1. The molecule has 1 aliphatic heterocycles. The van der Waals surface area contributed by atoms with E-state index in [0.717, 1.165) is 12.0 Å².